The molecule has 220 valence electrons. The van der Waals surface area contributed by atoms with Gasteiger partial charge in [-0.05, 0) is 62.1 Å². The summed E-state index contributed by atoms with van der Waals surface area (Å²) in [7, 11) is 0. The number of aliphatic imine (C=N–C) groups is 2. The van der Waals surface area contributed by atoms with Gasteiger partial charge in [-0.3, -0.25) is 9.98 Å². The van der Waals surface area contributed by atoms with Crippen molar-refractivity contribution in [3.63, 3.8) is 0 Å². The minimum atomic E-state index is 0. The first kappa shape index (κ1) is 34.9. The number of benzene rings is 2. The summed E-state index contributed by atoms with van der Waals surface area (Å²) in [4.78, 5) is 9.77. The van der Waals surface area contributed by atoms with Crippen LogP contribution in [0, 0.1) is 0 Å². The topological polar surface area (TPSA) is 48.8 Å². The number of hydrogen-bond acceptors (Lipinski definition) is 4. The molecule has 0 saturated carbocycles. The number of unbranched alkanes of at least 4 members (excludes halogenated alkanes) is 11. The van der Waals surface area contributed by atoms with Gasteiger partial charge in [-0.15, -0.1) is 0 Å². The first-order valence-electron chi connectivity index (χ1n) is 15.5. The Kier molecular flexibility index (Phi) is 21.2. The van der Waals surface area contributed by atoms with Crippen LogP contribution < -0.4 is 10.6 Å². The average molecular weight is 578 g/mol. The van der Waals surface area contributed by atoms with E-state index in [1.807, 2.05) is 6.21 Å². The fourth-order valence-corrected chi connectivity index (χ4v) is 4.48. The van der Waals surface area contributed by atoms with Crippen molar-refractivity contribution in [1.82, 2.24) is 0 Å². The second-order valence-electron chi connectivity index (χ2n) is 10.5. The second-order valence-corrected chi connectivity index (χ2v) is 10.5. The largest absolute Gasteiger partial charge is 0.385 e. The zero-order valence-electron chi connectivity index (χ0n) is 24.9. The van der Waals surface area contributed by atoms with E-state index in [0.717, 1.165) is 60.8 Å². The zero-order chi connectivity index (χ0) is 27.1. The van der Waals surface area contributed by atoms with Gasteiger partial charge in [0.15, 0.2) is 0 Å². The molecule has 39 heavy (non-hydrogen) atoms. The summed E-state index contributed by atoms with van der Waals surface area (Å²) in [6, 6.07) is 16.9. The van der Waals surface area contributed by atoms with Crippen LogP contribution in [0.25, 0.3) is 0 Å². The molecule has 2 aromatic rings. The first-order valence-corrected chi connectivity index (χ1v) is 15.5. The van der Waals surface area contributed by atoms with Gasteiger partial charge in [0.25, 0.3) is 0 Å². The molecule has 0 fully saturated rings. The molecule has 2 rings (SSSR count). The van der Waals surface area contributed by atoms with E-state index in [1.54, 1.807) is 0 Å². The van der Waals surface area contributed by atoms with Gasteiger partial charge < -0.3 is 10.6 Å². The van der Waals surface area contributed by atoms with E-state index in [1.165, 1.54) is 77.0 Å². The van der Waals surface area contributed by atoms with Crippen LogP contribution in [-0.2, 0) is 16.5 Å². The van der Waals surface area contributed by atoms with Crippen molar-refractivity contribution in [1.29, 1.82) is 0 Å². The Morgan fingerprint density at radius 2 is 1.10 bits per heavy atom. The molecule has 0 radical (unpaired) electrons. The van der Waals surface area contributed by atoms with E-state index >= 15 is 0 Å². The number of hydrogen-bond donors (Lipinski definition) is 2. The van der Waals surface area contributed by atoms with Crippen LogP contribution in [0.4, 0.5) is 22.7 Å². The van der Waals surface area contributed by atoms with Crippen LogP contribution in [0.1, 0.15) is 117 Å². The van der Waals surface area contributed by atoms with E-state index in [-0.39, 0.29) is 16.5 Å². The van der Waals surface area contributed by atoms with Crippen molar-refractivity contribution in [2.45, 2.75) is 117 Å². The maximum atomic E-state index is 4.98. The minimum absolute atomic E-state index is 0. The van der Waals surface area contributed by atoms with E-state index < -0.39 is 0 Å². The van der Waals surface area contributed by atoms with Gasteiger partial charge >= 0.3 is 0 Å². The van der Waals surface area contributed by atoms with Crippen LogP contribution in [-0.4, -0.2) is 25.0 Å². The Balaban J connectivity index is 0.00000760. The van der Waals surface area contributed by atoms with E-state index in [0.29, 0.717) is 0 Å². The summed E-state index contributed by atoms with van der Waals surface area (Å²) >= 11 is 0. The van der Waals surface area contributed by atoms with Gasteiger partial charge in [-0.25, -0.2) is 0 Å². The molecule has 0 bridgehead atoms. The Morgan fingerprint density at radius 3 is 1.67 bits per heavy atom. The van der Waals surface area contributed by atoms with E-state index in [4.69, 9.17) is 9.98 Å². The Labute approximate surface area is 249 Å². The van der Waals surface area contributed by atoms with Crippen LogP contribution >= 0.6 is 0 Å². The molecule has 0 aromatic heterocycles. The van der Waals surface area contributed by atoms with E-state index in [2.05, 4.69) is 79.9 Å². The number of nitrogens with zero attached hydrogens (tertiary/aromatic N) is 2. The molecule has 0 unspecified atom stereocenters. The maximum absolute atomic E-state index is 4.98. The predicted molar refractivity (Wildman–Crippen MR) is 171 cm³/mol. The van der Waals surface area contributed by atoms with Crippen LogP contribution in [0.5, 0.6) is 0 Å². The molecular weight excluding hydrogens is 523 g/mol. The van der Waals surface area contributed by atoms with Crippen molar-refractivity contribution in [3.8, 4) is 0 Å². The summed E-state index contributed by atoms with van der Waals surface area (Å²) in [5, 5.41) is 7.15. The van der Waals surface area contributed by atoms with Crippen LogP contribution in [0.3, 0.4) is 0 Å². The van der Waals surface area contributed by atoms with E-state index in [9.17, 15) is 0 Å². The van der Waals surface area contributed by atoms with Gasteiger partial charge in [0.2, 0.25) is 0 Å². The average Bonchev–Trinajstić information content (AvgIpc) is 2.94. The van der Waals surface area contributed by atoms with Crippen molar-refractivity contribution in [2.24, 2.45) is 9.98 Å². The minimum Gasteiger partial charge on any atom is -0.385 e. The van der Waals surface area contributed by atoms with Crippen molar-refractivity contribution < 1.29 is 16.5 Å². The SMILES string of the molecule is CCCCCCCCNc1cccc(N=CC(CCCC)=Nc2cccc(NCCCCCCCC)c2)c1.[Ni]. The summed E-state index contributed by atoms with van der Waals surface area (Å²) in [6.45, 7) is 8.80. The van der Waals surface area contributed by atoms with Gasteiger partial charge in [0.1, 0.15) is 0 Å². The van der Waals surface area contributed by atoms with Crippen LogP contribution in [0.15, 0.2) is 58.5 Å². The fourth-order valence-electron chi connectivity index (χ4n) is 4.48. The molecule has 0 aliphatic heterocycles. The molecule has 2 aromatic carbocycles. The number of rotatable bonds is 22. The van der Waals surface area contributed by atoms with Crippen molar-refractivity contribution in [2.75, 3.05) is 23.7 Å². The Bertz CT molecular complexity index is 925. The first-order chi connectivity index (χ1) is 18.7. The molecule has 0 aliphatic rings. The molecular formula is C34H54N4Ni. The predicted octanol–water partition coefficient (Wildman–Crippen LogP) is 10.9. The molecule has 0 spiro atoms. The van der Waals surface area contributed by atoms with Gasteiger partial charge in [0.05, 0.1) is 17.1 Å². The Hall–Kier alpha value is -2.13. The van der Waals surface area contributed by atoms with Crippen molar-refractivity contribution in [3.05, 3.63) is 48.5 Å². The summed E-state index contributed by atoms with van der Waals surface area (Å²) < 4.78 is 0. The van der Waals surface area contributed by atoms with Crippen molar-refractivity contribution >= 4 is 34.7 Å². The molecule has 0 aliphatic carbocycles. The third-order valence-electron chi connectivity index (χ3n) is 6.83. The van der Waals surface area contributed by atoms with Gasteiger partial charge in [0, 0.05) is 47.2 Å². The fraction of sp³-hybridized carbons (Fsp3) is 0.588. The van der Waals surface area contributed by atoms with Crippen LogP contribution in [0.2, 0.25) is 0 Å². The molecule has 0 saturated heterocycles. The maximum Gasteiger partial charge on any atom is 0.0654 e. The second kappa shape index (κ2) is 23.7. The van der Waals surface area contributed by atoms with Gasteiger partial charge in [-0.2, -0.15) is 0 Å². The molecule has 5 heteroatoms. The normalized spacial score (nSPS) is 11.5. The zero-order valence-corrected chi connectivity index (χ0v) is 25.9. The number of anilines is 2. The molecule has 2 N–H and O–H groups in total. The molecule has 0 amide bonds. The smallest absolute Gasteiger partial charge is 0.0654 e. The Morgan fingerprint density at radius 1 is 0.615 bits per heavy atom. The standard InChI is InChI=1S/C34H54N4.Ni/c1-4-7-10-12-14-16-25-35-30-21-18-23-32(27-30)37-29-34(20-9-6-3)38-33-24-19-22-31(28-33)36-26-17-15-13-11-8-5-2;/h18-19,21-24,27-29,35-36H,4-17,20,25-26H2,1-3H3;. The molecule has 0 heterocycles. The summed E-state index contributed by atoms with van der Waals surface area (Å²) in [5.41, 5.74) is 5.28. The monoisotopic (exact) mass is 576 g/mol. The van der Waals surface area contributed by atoms with Gasteiger partial charge in [-0.1, -0.05) is 104 Å². The summed E-state index contributed by atoms with van der Waals surface area (Å²) in [6.07, 6.45) is 20.9. The third kappa shape index (κ3) is 17.2. The summed E-state index contributed by atoms with van der Waals surface area (Å²) in [5.74, 6) is 0. The third-order valence-corrected chi connectivity index (χ3v) is 6.83. The number of nitrogens with one attached hydrogen (secondary N) is 2. The molecule has 0 atom stereocenters. The quantitative estimate of drug-likeness (QED) is 0.0831. The molecule has 4 nitrogen and oxygen atoms in total.